The van der Waals surface area contributed by atoms with Crippen LogP contribution in [0.25, 0.3) is 11.0 Å². The third-order valence-corrected chi connectivity index (χ3v) is 3.57. The summed E-state index contributed by atoms with van der Waals surface area (Å²) in [6.45, 7) is 11.7. The van der Waals surface area contributed by atoms with Gasteiger partial charge in [0, 0.05) is 5.39 Å². The largest absolute Gasteiger partial charge is 0.458 e. The Labute approximate surface area is 120 Å². The fourth-order valence-electron chi connectivity index (χ4n) is 2.45. The molecule has 1 aromatic heterocycles. The first-order chi connectivity index (χ1) is 8.82. The van der Waals surface area contributed by atoms with Crippen molar-refractivity contribution in [2.45, 2.75) is 40.7 Å². The Hall–Kier alpha value is -0.990. The smallest absolute Gasteiger partial charge is 0.152 e. The summed E-state index contributed by atoms with van der Waals surface area (Å²) >= 11 is 6.26. The summed E-state index contributed by atoms with van der Waals surface area (Å²) in [6.07, 6.45) is 0. The van der Waals surface area contributed by atoms with Gasteiger partial charge in [-0.2, -0.15) is 0 Å². The van der Waals surface area contributed by atoms with Gasteiger partial charge in [0.1, 0.15) is 5.76 Å². The van der Waals surface area contributed by atoms with Crippen LogP contribution in [0.4, 0.5) is 0 Å². The lowest BCUT2D eigenvalue weighted by molar-refractivity contribution is 0.244. The normalized spacial score (nSPS) is 14.0. The van der Waals surface area contributed by atoms with E-state index in [0.717, 1.165) is 28.8 Å². The molecule has 0 spiro atoms. The molecule has 0 bridgehead atoms. The van der Waals surface area contributed by atoms with Gasteiger partial charge in [0.25, 0.3) is 0 Å². The molecule has 3 heteroatoms. The van der Waals surface area contributed by atoms with Crippen LogP contribution < -0.4 is 5.32 Å². The zero-order valence-corrected chi connectivity index (χ0v) is 13.1. The van der Waals surface area contributed by atoms with E-state index in [1.54, 1.807) is 0 Å². The van der Waals surface area contributed by atoms with Crippen LogP contribution in [0.1, 0.15) is 45.1 Å². The highest BCUT2D eigenvalue weighted by molar-refractivity contribution is 6.34. The molecule has 0 aliphatic rings. The summed E-state index contributed by atoms with van der Waals surface area (Å²) in [5.41, 5.74) is 2.03. The minimum Gasteiger partial charge on any atom is -0.458 e. The molecule has 0 amide bonds. The van der Waals surface area contributed by atoms with Gasteiger partial charge in [-0.25, -0.2) is 0 Å². The number of fused-ring (bicyclic) bond motifs is 1. The van der Waals surface area contributed by atoms with Gasteiger partial charge in [0.2, 0.25) is 0 Å². The summed E-state index contributed by atoms with van der Waals surface area (Å²) in [6, 6.07) is 6.34. The first-order valence-corrected chi connectivity index (χ1v) is 7.13. The highest BCUT2D eigenvalue weighted by atomic mass is 35.5. The van der Waals surface area contributed by atoms with Crippen molar-refractivity contribution >= 4 is 22.6 Å². The lowest BCUT2D eigenvalue weighted by Crippen LogP contribution is -2.31. The average molecular weight is 280 g/mol. The van der Waals surface area contributed by atoms with Gasteiger partial charge < -0.3 is 9.73 Å². The van der Waals surface area contributed by atoms with E-state index < -0.39 is 0 Å². The molecule has 0 fully saturated rings. The molecule has 2 aromatic rings. The molecule has 1 atom stereocenters. The van der Waals surface area contributed by atoms with E-state index in [1.807, 2.05) is 13.0 Å². The fraction of sp³-hybridized carbons (Fsp3) is 0.500. The van der Waals surface area contributed by atoms with Crippen molar-refractivity contribution in [3.63, 3.8) is 0 Å². The molecule has 1 aromatic carbocycles. The number of hydrogen-bond donors (Lipinski definition) is 1. The summed E-state index contributed by atoms with van der Waals surface area (Å²) in [4.78, 5) is 0. The van der Waals surface area contributed by atoms with Crippen molar-refractivity contribution in [3.05, 3.63) is 34.5 Å². The van der Waals surface area contributed by atoms with E-state index in [-0.39, 0.29) is 11.5 Å². The third-order valence-electron chi connectivity index (χ3n) is 3.29. The monoisotopic (exact) mass is 279 g/mol. The molecule has 104 valence electrons. The van der Waals surface area contributed by atoms with E-state index in [0.29, 0.717) is 5.02 Å². The number of rotatable bonds is 3. The van der Waals surface area contributed by atoms with E-state index in [4.69, 9.17) is 16.0 Å². The molecule has 1 N–H and O–H groups in total. The molecule has 1 unspecified atom stereocenters. The van der Waals surface area contributed by atoms with Gasteiger partial charge in [-0.05, 0) is 42.6 Å². The van der Waals surface area contributed by atoms with Gasteiger partial charge in [-0.15, -0.1) is 0 Å². The van der Waals surface area contributed by atoms with Crippen LogP contribution in [0.15, 0.2) is 22.6 Å². The maximum Gasteiger partial charge on any atom is 0.152 e. The van der Waals surface area contributed by atoms with Gasteiger partial charge in [-0.1, -0.05) is 39.3 Å². The highest BCUT2D eigenvalue weighted by Crippen LogP contribution is 2.37. The molecule has 1 heterocycles. The number of hydrogen-bond acceptors (Lipinski definition) is 2. The Morgan fingerprint density at radius 1 is 1.26 bits per heavy atom. The molecule has 0 aliphatic carbocycles. The molecule has 0 saturated heterocycles. The van der Waals surface area contributed by atoms with Crippen LogP contribution in [0.5, 0.6) is 0 Å². The summed E-state index contributed by atoms with van der Waals surface area (Å²) < 4.78 is 6.00. The van der Waals surface area contributed by atoms with Gasteiger partial charge in [0.05, 0.1) is 11.1 Å². The quantitative estimate of drug-likeness (QED) is 0.846. The molecule has 2 nitrogen and oxygen atoms in total. The van der Waals surface area contributed by atoms with Crippen molar-refractivity contribution in [3.8, 4) is 0 Å². The SMILES string of the molecule is CCNC(c1cc2cc(C)cc(Cl)c2o1)C(C)(C)C. The number of aryl methyl sites for hydroxylation is 1. The second kappa shape index (κ2) is 5.18. The average Bonchev–Trinajstić information content (AvgIpc) is 2.67. The number of halogens is 1. The van der Waals surface area contributed by atoms with Crippen molar-refractivity contribution in [1.82, 2.24) is 5.32 Å². The zero-order chi connectivity index (χ0) is 14.2. The maximum absolute atomic E-state index is 6.26. The lowest BCUT2D eigenvalue weighted by Gasteiger charge is -2.29. The summed E-state index contributed by atoms with van der Waals surface area (Å²) in [5.74, 6) is 0.955. The van der Waals surface area contributed by atoms with Gasteiger partial charge >= 0.3 is 0 Å². The number of benzene rings is 1. The predicted molar refractivity (Wildman–Crippen MR) is 81.8 cm³/mol. The Balaban J connectivity index is 2.52. The minimum atomic E-state index is 0.0887. The first-order valence-electron chi connectivity index (χ1n) is 6.76. The van der Waals surface area contributed by atoms with Crippen molar-refractivity contribution in [2.24, 2.45) is 5.41 Å². The van der Waals surface area contributed by atoms with Crippen molar-refractivity contribution in [1.29, 1.82) is 0 Å². The summed E-state index contributed by atoms with van der Waals surface area (Å²) in [7, 11) is 0. The molecule has 0 radical (unpaired) electrons. The standard InChI is InChI=1S/C16H22ClNO/c1-6-18-15(16(3,4)5)13-9-11-7-10(2)8-12(17)14(11)19-13/h7-9,15,18H,6H2,1-5H3. The number of nitrogens with one attached hydrogen (secondary N) is 1. The molecule has 0 saturated carbocycles. The summed E-state index contributed by atoms with van der Waals surface area (Å²) in [5, 5.41) is 5.26. The Morgan fingerprint density at radius 3 is 2.53 bits per heavy atom. The molecule has 0 aliphatic heterocycles. The van der Waals surface area contributed by atoms with E-state index in [9.17, 15) is 0 Å². The van der Waals surface area contributed by atoms with E-state index in [2.05, 4.69) is 45.1 Å². The van der Waals surface area contributed by atoms with Crippen LogP contribution in [-0.2, 0) is 0 Å². The molecular formula is C16H22ClNO. The van der Waals surface area contributed by atoms with Gasteiger partial charge in [0.15, 0.2) is 5.58 Å². The molecule has 2 rings (SSSR count). The van der Waals surface area contributed by atoms with Gasteiger partial charge in [-0.3, -0.25) is 0 Å². The third kappa shape index (κ3) is 2.96. The van der Waals surface area contributed by atoms with E-state index in [1.165, 1.54) is 0 Å². The topological polar surface area (TPSA) is 25.2 Å². The van der Waals surface area contributed by atoms with Crippen LogP contribution in [0, 0.1) is 12.3 Å². The first kappa shape index (κ1) is 14.4. The Bertz CT molecular complexity index is 580. The van der Waals surface area contributed by atoms with Crippen molar-refractivity contribution < 1.29 is 4.42 Å². The molecule has 19 heavy (non-hydrogen) atoms. The highest BCUT2D eigenvalue weighted by Gasteiger charge is 2.28. The second-order valence-corrected chi connectivity index (χ2v) is 6.58. The second-order valence-electron chi connectivity index (χ2n) is 6.17. The minimum absolute atomic E-state index is 0.0887. The maximum atomic E-state index is 6.26. The van der Waals surface area contributed by atoms with Crippen molar-refractivity contribution in [2.75, 3.05) is 6.54 Å². The fourth-order valence-corrected chi connectivity index (χ4v) is 2.77. The Morgan fingerprint density at radius 2 is 1.95 bits per heavy atom. The number of furan rings is 1. The lowest BCUT2D eigenvalue weighted by atomic mass is 9.85. The van der Waals surface area contributed by atoms with Crippen LogP contribution >= 0.6 is 11.6 Å². The van der Waals surface area contributed by atoms with Crippen LogP contribution in [0.2, 0.25) is 5.02 Å². The zero-order valence-electron chi connectivity index (χ0n) is 12.3. The van der Waals surface area contributed by atoms with Crippen LogP contribution in [0.3, 0.4) is 0 Å². The predicted octanol–water partition coefficient (Wildman–Crippen LogP) is 5.09. The van der Waals surface area contributed by atoms with E-state index >= 15 is 0 Å². The molecular weight excluding hydrogens is 258 g/mol. The Kier molecular flexibility index (Phi) is 3.93. The van der Waals surface area contributed by atoms with Crippen LogP contribution in [-0.4, -0.2) is 6.54 Å².